The van der Waals surface area contributed by atoms with E-state index < -0.39 is 0 Å². The second kappa shape index (κ2) is 8.28. The van der Waals surface area contributed by atoms with Crippen LogP contribution in [0.3, 0.4) is 0 Å². The molecule has 3 nitrogen and oxygen atoms in total. The van der Waals surface area contributed by atoms with Crippen molar-refractivity contribution in [3.05, 3.63) is 23.8 Å². The minimum atomic E-state index is 0.837. The Morgan fingerprint density at radius 3 is 2.38 bits per heavy atom. The second-order valence-electron chi connectivity index (χ2n) is 6.10. The lowest BCUT2D eigenvalue weighted by Crippen LogP contribution is -2.26. The molecule has 0 aliphatic heterocycles. The zero-order valence-electron chi connectivity index (χ0n) is 13.7. The summed E-state index contributed by atoms with van der Waals surface area (Å²) >= 11 is 0. The van der Waals surface area contributed by atoms with Crippen molar-refractivity contribution in [2.45, 2.75) is 45.6 Å². The zero-order valence-corrected chi connectivity index (χ0v) is 13.7. The monoisotopic (exact) mass is 291 g/mol. The van der Waals surface area contributed by atoms with Crippen LogP contribution in [0.4, 0.5) is 0 Å². The summed E-state index contributed by atoms with van der Waals surface area (Å²) in [7, 11) is 3.42. The molecule has 2 rings (SSSR count). The van der Waals surface area contributed by atoms with E-state index in [-0.39, 0.29) is 0 Å². The molecule has 1 fully saturated rings. The minimum Gasteiger partial charge on any atom is -0.497 e. The van der Waals surface area contributed by atoms with Gasteiger partial charge in [0.2, 0.25) is 0 Å². The van der Waals surface area contributed by atoms with Crippen LogP contribution in [-0.2, 0) is 6.54 Å². The Morgan fingerprint density at radius 1 is 1.05 bits per heavy atom. The van der Waals surface area contributed by atoms with E-state index >= 15 is 0 Å². The van der Waals surface area contributed by atoms with Gasteiger partial charge in [0, 0.05) is 12.1 Å². The summed E-state index contributed by atoms with van der Waals surface area (Å²) in [4.78, 5) is 0. The van der Waals surface area contributed by atoms with E-state index in [1.807, 2.05) is 12.1 Å². The Kier molecular flexibility index (Phi) is 6.37. The first-order valence-electron chi connectivity index (χ1n) is 8.18. The van der Waals surface area contributed by atoms with Crippen molar-refractivity contribution in [2.75, 3.05) is 20.8 Å². The van der Waals surface area contributed by atoms with Crippen molar-refractivity contribution >= 4 is 0 Å². The van der Waals surface area contributed by atoms with E-state index in [1.54, 1.807) is 14.2 Å². The van der Waals surface area contributed by atoms with Crippen LogP contribution in [0.1, 0.15) is 44.6 Å². The van der Waals surface area contributed by atoms with Crippen LogP contribution in [0.5, 0.6) is 11.5 Å². The van der Waals surface area contributed by atoms with Gasteiger partial charge >= 0.3 is 0 Å². The molecule has 1 aliphatic carbocycles. The third-order valence-electron chi connectivity index (χ3n) is 4.78. The van der Waals surface area contributed by atoms with E-state index in [0.717, 1.165) is 36.4 Å². The predicted molar refractivity (Wildman–Crippen MR) is 87.0 cm³/mol. The third-order valence-corrected chi connectivity index (χ3v) is 4.78. The highest BCUT2D eigenvalue weighted by molar-refractivity contribution is 5.40. The van der Waals surface area contributed by atoms with E-state index in [9.17, 15) is 0 Å². The standard InChI is InChI=1S/C18H29NO2/c1-4-14-5-7-15(8-6-14)12-19-13-16-11-17(20-2)9-10-18(16)21-3/h9-11,14-15,19H,4-8,12-13H2,1-3H3. The summed E-state index contributed by atoms with van der Waals surface area (Å²) in [5, 5.41) is 3.59. The fourth-order valence-corrected chi connectivity index (χ4v) is 3.27. The summed E-state index contributed by atoms with van der Waals surface area (Å²) in [6.45, 7) is 4.27. The Hall–Kier alpha value is -1.22. The van der Waals surface area contributed by atoms with Crippen LogP contribution in [0.2, 0.25) is 0 Å². The molecule has 0 bridgehead atoms. The number of hydrogen-bond acceptors (Lipinski definition) is 3. The average Bonchev–Trinajstić information content (AvgIpc) is 2.55. The molecule has 1 aromatic rings. The first-order valence-corrected chi connectivity index (χ1v) is 8.18. The Morgan fingerprint density at radius 2 is 1.76 bits per heavy atom. The number of rotatable bonds is 7. The quantitative estimate of drug-likeness (QED) is 0.823. The molecular weight excluding hydrogens is 262 g/mol. The Balaban J connectivity index is 1.80. The van der Waals surface area contributed by atoms with Crippen LogP contribution in [-0.4, -0.2) is 20.8 Å². The van der Waals surface area contributed by atoms with E-state index in [1.165, 1.54) is 37.7 Å². The largest absolute Gasteiger partial charge is 0.497 e. The van der Waals surface area contributed by atoms with Gasteiger partial charge in [-0.3, -0.25) is 0 Å². The highest BCUT2D eigenvalue weighted by Gasteiger charge is 2.19. The summed E-state index contributed by atoms with van der Waals surface area (Å²) in [5.41, 5.74) is 1.17. The van der Waals surface area contributed by atoms with Crippen LogP contribution >= 0.6 is 0 Å². The van der Waals surface area contributed by atoms with Crippen LogP contribution in [0, 0.1) is 11.8 Å². The highest BCUT2D eigenvalue weighted by atomic mass is 16.5. The lowest BCUT2D eigenvalue weighted by Gasteiger charge is -2.28. The van der Waals surface area contributed by atoms with Gasteiger partial charge in [0.05, 0.1) is 14.2 Å². The molecule has 3 heteroatoms. The molecule has 0 aromatic heterocycles. The molecule has 0 heterocycles. The van der Waals surface area contributed by atoms with Crippen LogP contribution in [0.25, 0.3) is 0 Å². The molecule has 118 valence electrons. The SMILES string of the molecule is CCC1CCC(CNCc2cc(OC)ccc2OC)CC1. The first kappa shape index (κ1) is 16.2. The molecule has 0 unspecified atom stereocenters. The summed E-state index contributed by atoms with van der Waals surface area (Å²) in [6, 6.07) is 5.97. The van der Waals surface area contributed by atoms with Crippen LogP contribution in [0.15, 0.2) is 18.2 Å². The van der Waals surface area contributed by atoms with E-state index in [4.69, 9.17) is 9.47 Å². The zero-order chi connectivity index (χ0) is 15.1. The fourth-order valence-electron chi connectivity index (χ4n) is 3.27. The van der Waals surface area contributed by atoms with Gasteiger partial charge in [-0.25, -0.2) is 0 Å². The normalized spacial score (nSPS) is 22.0. The van der Waals surface area contributed by atoms with E-state index in [2.05, 4.69) is 18.3 Å². The number of benzene rings is 1. The summed E-state index contributed by atoms with van der Waals surface area (Å²) < 4.78 is 10.7. The first-order chi connectivity index (χ1) is 10.3. The maximum absolute atomic E-state index is 5.42. The number of nitrogens with one attached hydrogen (secondary N) is 1. The van der Waals surface area contributed by atoms with Gasteiger partial charge in [0.15, 0.2) is 0 Å². The minimum absolute atomic E-state index is 0.837. The fraction of sp³-hybridized carbons (Fsp3) is 0.667. The molecule has 1 saturated carbocycles. The Labute approximate surface area is 129 Å². The van der Waals surface area contributed by atoms with Gasteiger partial charge in [-0.1, -0.05) is 26.2 Å². The van der Waals surface area contributed by atoms with Gasteiger partial charge in [0.1, 0.15) is 11.5 Å². The molecule has 1 aromatic carbocycles. The van der Waals surface area contributed by atoms with Gasteiger partial charge < -0.3 is 14.8 Å². The van der Waals surface area contributed by atoms with E-state index in [0.29, 0.717) is 0 Å². The highest BCUT2D eigenvalue weighted by Crippen LogP contribution is 2.30. The van der Waals surface area contributed by atoms with Gasteiger partial charge in [-0.2, -0.15) is 0 Å². The Bertz CT molecular complexity index is 425. The van der Waals surface area contributed by atoms with Crippen molar-refractivity contribution in [3.8, 4) is 11.5 Å². The van der Waals surface area contributed by atoms with Crippen molar-refractivity contribution in [1.82, 2.24) is 5.32 Å². The van der Waals surface area contributed by atoms with Gasteiger partial charge in [-0.15, -0.1) is 0 Å². The van der Waals surface area contributed by atoms with Gasteiger partial charge in [0.25, 0.3) is 0 Å². The average molecular weight is 291 g/mol. The molecule has 0 saturated heterocycles. The smallest absolute Gasteiger partial charge is 0.123 e. The molecule has 0 amide bonds. The number of hydrogen-bond donors (Lipinski definition) is 1. The predicted octanol–water partition coefficient (Wildman–Crippen LogP) is 4.01. The maximum Gasteiger partial charge on any atom is 0.123 e. The second-order valence-corrected chi connectivity index (χ2v) is 6.10. The lowest BCUT2D eigenvalue weighted by atomic mass is 9.81. The molecule has 1 aliphatic rings. The lowest BCUT2D eigenvalue weighted by molar-refractivity contribution is 0.262. The van der Waals surface area contributed by atoms with Crippen molar-refractivity contribution in [1.29, 1.82) is 0 Å². The van der Waals surface area contributed by atoms with Crippen LogP contribution < -0.4 is 14.8 Å². The molecule has 0 spiro atoms. The molecule has 0 atom stereocenters. The van der Waals surface area contributed by atoms with Crippen molar-refractivity contribution < 1.29 is 9.47 Å². The van der Waals surface area contributed by atoms with Crippen molar-refractivity contribution in [3.63, 3.8) is 0 Å². The topological polar surface area (TPSA) is 30.5 Å². The molecule has 0 radical (unpaired) electrons. The molecular formula is C18H29NO2. The molecule has 1 N–H and O–H groups in total. The van der Waals surface area contributed by atoms with Crippen molar-refractivity contribution in [2.24, 2.45) is 11.8 Å². The number of ether oxygens (including phenoxy) is 2. The summed E-state index contributed by atoms with van der Waals surface area (Å²) in [5.74, 6) is 3.62. The van der Waals surface area contributed by atoms with Gasteiger partial charge in [-0.05, 0) is 49.4 Å². The molecule has 21 heavy (non-hydrogen) atoms. The third kappa shape index (κ3) is 4.63. The maximum atomic E-state index is 5.42. The number of methoxy groups -OCH3 is 2. The summed E-state index contributed by atoms with van der Waals surface area (Å²) in [6.07, 6.45) is 6.92.